The molecule has 2 nitrogen and oxygen atoms in total. The largest absolute Gasteiger partial charge is 0.359 e. The number of rotatable bonds is 2. The van der Waals surface area contributed by atoms with Crippen LogP contribution in [-0.2, 0) is 0 Å². The molecule has 1 aromatic carbocycles. The molecule has 0 bridgehead atoms. The van der Waals surface area contributed by atoms with E-state index < -0.39 is 0 Å². The summed E-state index contributed by atoms with van der Waals surface area (Å²) in [6.45, 7) is 10.7. The second kappa shape index (κ2) is 4.23. The number of benzene rings is 1. The number of aryl methyl sites for hydroxylation is 1. The van der Waals surface area contributed by atoms with Crippen LogP contribution in [0.15, 0.2) is 6.07 Å². The molecule has 0 aliphatic rings. The monoisotopic (exact) mass is 206 g/mol. The molecule has 0 aliphatic carbocycles. The zero-order valence-corrected chi connectivity index (χ0v) is 10.7. The number of hydrogen-bond donors (Lipinski definition) is 1. The molecule has 0 heterocycles. The average molecular weight is 206 g/mol. The molecule has 1 aromatic rings. The number of hydrogen-bond acceptors (Lipinski definition) is 2. The van der Waals surface area contributed by atoms with Crippen LogP contribution in [0.5, 0.6) is 0 Å². The van der Waals surface area contributed by atoms with Gasteiger partial charge >= 0.3 is 0 Å². The van der Waals surface area contributed by atoms with E-state index in [-0.39, 0.29) is 6.17 Å². The molecule has 1 atom stereocenters. The maximum absolute atomic E-state index is 5.90. The van der Waals surface area contributed by atoms with E-state index in [0.717, 1.165) is 0 Å². The Morgan fingerprint density at radius 3 is 2.07 bits per heavy atom. The minimum Gasteiger partial charge on any atom is -0.359 e. The molecule has 0 spiro atoms. The Balaban J connectivity index is 3.32. The summed E-state index contributed by atoms with van der Waals surface area (Å²) in [5, 5.41) is 0. The van der Waals surface area contributed by atoms with Gasteiger partial charge in [0.2, 0.25) is 0 Å². The lowest BCUT2D eigenvalue weighted by Gasteiger charge is -2.27. The lowest BCUT2D eigenvalue weighted by molar-refractivity contribution is 0.718. The molecule has 1 rings (SSSR count). The summed E-state index contributed by atoms with van der Waals surface area (Å²) in [6.07, 6.45) is 0.0465. The molecule has 1 unspecified atom stereocenters. The molecular weight excluding hydrogens is 184 g/mol. The molecule has 84 valence electrons. The molecule has 2 N–H and O–H groups in total. The molecule has 0 saturated heterocycles. The second-order valence-corrected chi connectivity index (χ2v) is 4.44. The first-order valence-corrected chi connectivity index (χ1v) is 5.42. The molecular formula is C13H22N2. The van der Waals surface area contributed by atoms with Crippen molar-refractivity contribution in [1.29, 1.82) is 0 Å². The van der Waals surface area contributed by atoms with Crippen molar-refractivity contribution in [3.63, 3.8) is 0 Å². The van der Waals surface area contributed by atoms with Gasteiger partial charge in [0.05, 0.1) is 6.17 Å². The van der Waals surface area contributed by atoms with E-state index in [9.17, 15) is 0 Å². The van der Waals surface area contributed by atoms with Gasteiger partial charge in [-0.25, -0.2) is 0 Å². The maximum atomic E-state index is 5.90. The van der Waals surface area contributed by atoms with Crippen molar-refractivity contribution in [2.24, 2.45) is 5.73 Å². The molecule has 0 saturated carbocycles. The van der Waals surface area contributed by atoms with Crippen molar-refractivity contribution >= 4 is 5.69 Å². The first-order valence-electron chi connectivity index (χ1n) is 5.42. The van der Waals surface area contributed by atoms with Crippen molar-refractivity contribution in [3.8, 4) is 0 Å². The van der Waals surface area contributed by atoms with Crippen LogP contribution >= 0.6 is 0 Å². The Hall–Kier alpha value is -1.02. The lowest BCUT2D eigenvalue weighted by atomic mass is 9.97. The van der Waals surface area contributed by atoms with E-state index in [1.54, 1.807) is 0 Å². The van der Waals surface area contributed by atoms with E-state index in [1.807, 2.05) is 14.0 Å². The quantitative estimate of drug-likeness (QED) is 0.754. The molecule has 0 aromatic heterocycles. The van der Waals surface area contributed by atoms with Gasteiger partial charge in [-0.05, 0) is 62.9 Å². The highest BCUT2D eigenvalue weighted by Gasteiger charge is 2.12. The number of anilines is 1. The lowest BCUT2D eigenvalue weighted by Crippen LogP contribution is -2.36. The van der Waals surface area contributed by atoms with Crippen LogP contribution in [-0.4, -0.2) is 13.2 Å². The van der Waals surface area contributed by atoms with Crippen LogP contribution in [0.2, 0.25) is 0 Å². The number of nitrogens with two attached hydrogens (primary N) is 1. The van der Waals surface area contributed by atoms with Gasteiger partial charge in [-0.2, -0.15) is 0 Å². The van der Waals surface area contributed by atoms with E-state index in [4.69, 9.17) is 5.73 Å². The Morgan fingerprint density at radius 2 is 1.60 bits per heavy atom. The van der Waals surface area contributed by atoms with Crippen LogP contribution in [0.3, 0.4) is 0 Å². The van der Waals surface area contributed by atoms with Crippen LogP contribution < -0.4 is 10.6 Å². The van der Waals surface area contributed by atoms with Gasteiger partial charge in [-0.3, -0.25) is 0 Å². The van der Waals surface area contributed by atoms with E-state index >= 15 is 0 Å². The predicted octanol–water partition coefficient (Wildman–Crippen LogP) is 2.66. The highest BCUT2D eigenvalue weighted by molar-refractivity contribution is 5.60. The molecule has 2 heteroatoms. The summed E-state index contributed by atoms with van der Waals surface area (Å²) in [7, 11) is 2.04. The van der Waals surface area contributed by atoms with Crippen molar-refractivity contribution in [3.05, 3.63) is 28.3 Å². The van der Waals surface area contributed by atoms with Gasteiger partial charge in [0.1, 0.15) is 0 Å². The van der Waals surface area contributed by atoms with Crippen molar-refractivity contribution < 1.29 is 0 Å². The average Bonchev–Trinajstić information content (AvgIpc) is 2.19. The molecule has 15 heavy (non-hydrogen) atoms. The van der Waals surface area contributed by atoms with Gasteiger partial charge in [0, 0.05) is 12.7 Å². The predicted molar refractivity (Wildman–Crippen MR) is 67.4 cm³/mol. The third-order valence-electron chi connectivity index (χ3n) is 3.44. The van der Waals surface area contributed by atoms with Gasteiger partial charge in [-0.1, -0.05) is 0 Å². The molecule has 0 aliphatic heterocycles. The van der Waals surface area contributed by atoms with Crippen molar-refractivity contribution in [2.75, 3.05) is 11.9 Å². The Kier molecular flexibility index (Phi) is 3.40. The van der Waals surface area contributed by atoms with Gasteiger partial charge in [-0.15, -0.1) is 0 Å². The minimum atomic E-state index is 0.0465. The standard InChI is InChI=1S/C13H22N2/c1-8-7-13(15(6)12(5)14)11(4)10(3)9(8)2/h7,12H,14H2,1-6H3. The number of nitrogens with zero attached hydrogens (tertiary/aromatic N) is 1. The van der Waals surface area contributed by atoms with Crippen molar-refractivity contribution in [1.82, 2.24) is 0 Å². The molecule has 0 radical (unpaired) electrons. The normalized spacial score (nSPS) is 12.7. The SMILES string of the molecule is Cc1cc(N(C)C(C)N)c(C)c(C)c1C. The topological polar surface area (TPSA) is 29.3 Å². The smallest absolute Gasteiger partial charge is 0.0739 e. The summed E-state index contributed by atoms with van der Waals surface area (Å²) in [5.41, 5.74) is 12.6. The Morgan fingerprint density at radius 1 is 1.07 bits per heavy atom. The highest BCUT2D eigenvalue weighted by atomic mass is 15.2. The fraction of sp³-hybridized carbons (Fsp3) is 0.538. The summed E-state index contributed by atoms with van der Waals surface area (Å²) in [6, 6.07) is 2.22. The maximum Gasteiger partial charge on any atom is 0.0739 e. The summed E-state index contributed by atoms with van der Waals surface area (Å²) >= 11 is 0. The van der Waals surface area contributed by atoms with Crippen LogP contribution in [0.1, 0.15) is 29.2 Å². The summed E-state index contributed by atoms with van der Waals surface area (Å²) in [5.74, 6) is 0. The molecule has 0 amide bonds. The van der Waals surface area contributed by atoms with E-state index in [1.165, 1.54) is 27.9 Å². The fourth-order valence-electron chi connectivity index (χ4n) is 1.78. The fourth-order valence-corrected chi connectivity index (χ4v) is 1.78. The van der Waals surface area contributed by atoms with E-state index in [0.29, 0.717) is 0 Å². The van der Waals surface area contributed by atoms with Crippen molar-refractivity contribution in [2.45, 2.75) is 40.8 Å². The zero-order valence-electron chi connectivity index (χ0n) is 10.7. The Labute approximate surface area is 93.1 Å². The third-order valence-corrected chi connectivity index (χ3v) is 3.44. The first-order chi connectivity index (χ1) is 6.86. The van der Waals surface area contributed by atoms with Gasteiger partial charge in [0.15, 0.2) is 0 Å². The minimum absolute atomic E-state index is 0.0465. The Bertz CT molecular complexity index is 367. The highest BCUT2D eigenvalue weighted by Crippen LogP contribution is 2.27. The van der Waals surface area contributed by atoms with Crippen LogP contribution in [0.25, 0.3) is 0 Å². The zero-order chi connectivity index (χ0) is 11.7. The third kappa shape index (κ3) is 2.15. The van der Waals surface area contributed by atoms with Gasteiger partial charge < -0.3 is 10.6 Å². The summed E-state index contributed by atoms with van der Waals surface area (Å²) in [4.78, 5) is 2.12. The molecule has 0 fully saturated rings. The van der Waals surface area contributed by atoms with Crippen LogP contribution in [0, 0.1) is 27.7 Å². The first kappa shape index (κ1) is 12.1. The van der Waals surface area contributed by atoms with Crippen LogP contribution in [0.4, 0.5) is 5.69 Å². The summed E-state index contributed by atoms with van der Waals surface area (Å²) < 4.78 is 0. The second-order valence-electron chi connectivity index (χ2n) is 4.44. The van der Waals surface area contributed by atoms with E-state index in [2.05, 4.69) is 38.7 Å². The van der Waals surface area contributed by atoms with Gasteiger partial charge in [0.25, 0.3) is 0 Å².